The molecule has 1 heterocycles. The van der Waals surface area contributed by atoms with Gasteiger partial charge in [0.2, 0.25) is 0 Å². The molecular formula is C19H22ClFN3O+. The molecular weight excluding hydrogens is 341 g/mol. The average molecular weight is 363 g/mol. The molecule has 132 valence electrons. The normalized spacial score (nSPS) is 15.2. The van der Waals surface area contributed by atoms with Gasteiger partial charge in [0, 0.05) is 6.54 Å². The summed E-state index contributed by atoms with van der Waals surface area (Å²) in [6, 6.07) is 14.0. The summed E-state index contributed by atoms with van der Waals surface area (Å²) in [7, 11) is 0. The fourth-order valence-electron chi connectivity index (χ4n) is 3.04. The summed E-state index contributed by atoms with van der Waals surface area (Å²) >= 11 is 6.25. The van der Waals surface area contributed by atoms with Gasteiger partial charge in [-0.25, -0.2) is 4.39 Å². The van der Waals surface area contributed by atoms with Crippen molar-refractivity contribution in [3.05, 3.63) is 64.9 Å². The zero-order valence-electron chi connectivity index (χ0n) is 14.0. The summed E-state index contributed by atoms with van der Waals surface area (Å²) in [4.78, 5) is 15.6. The zero-order valence-corrected chi connectivity index (χ0v) is 14.7. The lowest BCUT2D eigenvalue weighted by atomic mass is 10.2. The van der Waals surface area contributed by atoms with Crippen LogP contribution in [-0.2, 0) is 11.3 Å². The topological polar surface area (TPSA) is 36.8 Å². The van der Waals surface area contributed by atoms with Crippen molar-refractivity contribution in [3.8, 4) is 0 Å². The monoisotopic (exact) mass is 362 g/mol. The van der Waals surface area contributed by atoms with Gasteiger partial charge < -0.3 is 15.1 Å². The fourth-order valence-corrected chi connectivity index (χ4v) is 3.30. The fraction of sp³-hybridized carbons (Fsp3) is 0.316. The molecule has 0 aliphatic carbocycles. The summed E-state index contributed by atoms with van der Waals surface area (Å²) in [5, 5.41) is 3.67. The lowest BCUT2D eigenvalue weighted by Crippen LogP contribution is -3.15. The number of benzene rings is 2. The number of quaternary nitrogens is 1. The van der Waals surface area contributed by atoms with Gasteiger partial charge in [0.05, 0.1) is 36.9 Å². The van der Waals surface area contributed by atoms with Crippen LogP contribution in [0.25, 0.3) is 0 Å². The Morgan fingerprint density at radius 3 is 2.48 bits per heavy atom. The molecule has 6 heteroatoms. The van der Waals surface area contributed by atoms with Crippen LogP contribution in [0, 0.1) is 5.82 Å². The van der Waals surface area contributed by atoms with Crippen LogP contribution in [0.1, 0.15) is 5.56 Å². The number of anilines is 1. The first-order chi connectivity index (χ1) is 12.1. The quantitative estimate of drug-likeness (QED) is 0.845. The van der Waals surface area contributed by atoms with E-state index in [1.165, 1.54) is 17.0 Å². The third-order valence-corrected chi connectivity index (χ3v) is 4.80. The largest absolute Gasteiger partial charge is 0.359 e. The predicted molar refractivity (Wildman–Crippen MR) is 97.5 cm³/mol. The molecule has 0 radical (unpaired) electrons. The first kappa shape index (κ1) is 17.7. The minimum absolute atomic E-state index is 0.0190. The van der Waals surface area contributed by atoms with Crippen LogP contribution in [0.3, 0.4) is 0 Å². The van der Waals surface area contributed by atoms with Crippen molar-refractivity contribution in [2.24, 2.45) is 0 Å². The minimum atomic E-state index is -0.268. The van der Waals surface area contributed by atoms with Crippen molar-refractivity contribution in [3.63, 3.8) is 0 Å². The molecule has 2 aromatic carbocycles. The lowest BCUT2D eigenvalue weighted by Gasteiger charge is -2.33. The molecule has 0 saturated carbocycles. The molecule has 1 aliphatic rings. The molecule has 0 spiro atoms. The van der Waals surface area contributed by atoms with E-state index in [0.717, 1.165) is 42.5 Å². The van der Waals surface area contributed by atoms with E-state index in [1.807, 2.05) is 24.3 Å². The molecule has 2 N–H and O–H groups in total. The number of nitrogens with zero attached hydrogens (tertiary/aromatic N) is 1. The number of rotatable bonds is 5. The van der Waals surface area contributed by atoms with Crippen molar-refractivity contribution in [1.82, 2.24) is 5.32 Å². The zero-order chi connectivity index (χ0) is 17.6. The maximum absolute atomic E-state index is 12.9. The van der Waals surface area contributed by atoms with Crippen LogP contribution in [0.15, 0.2) is 48.5 Å². The summed E-state index contributed by atoms with van der Waals surface area (Å²) in [6.45, 7) is 4.44. The Kier molecular flexibility index (Phi) is 5.89. The summed E-state index contributed by atoms with van der Waals surface area (Å²) in [6.07, 6.45) is 0. The van der Waals surface area contributed by atoms with E-state index in [1.54, 1.807) is 12.1 Å². The second-order valence-electron chi connectivity index (χ2n) is 6.27. The molecule has 25 heavy (non-hydrogen) atoms. The van der Waals surface area contributed by atoms with E-state index in [4.69, 9.17) is 11.6 Å². The van der Waals surface area contributed by atoms with E-state index in [0.29, 0.717) is 13.1 Å². The van der Waals surface area contributed by atoms with E-state index in [9.17, 15) is 9.18 Å². The van der Waals surface area contributed by atoms with Gasteiger partial charge in [-0.05, 0) is 29.8 Å². The molecule has 1 fully saturated rings. The number of piperazine rings is 1. The van der Waals surface area contributed by atoms with Gasteiger partial charge in [-0.15, -0.1) is 0 Å². The number of hydrogen-bond acceptors (Lipinski definition) is 2. The summed E-state index contributed by atoms with van der Waals surface area (Å²) < 4.78 is 12.9. The van der Waals surface area contributed by atoms with Crippen molar-refractivity contribution in [2.45, 2.75) is 6.54 Å². The molecule has 2 aromatic rings. The number of hydrogen-bond donors (Lipinski definition) is 2. The van der Waals surface area contributed by atoms with Crippen LogP contribution < -0.4 is 15.1 Å². The van der Waals surface area contributed by atoms with Crippen LogP contribution in [-0.4, -0.2) is 38.6 Å². The third-order valence-electron chi connectivity index (χ3n) is 4.48. The molecule has 1 aliphatic heterocycles. The molecule has 3 rings (SSSR count). The lowest BCUT2D eigenvalue weighted by molar-refractivity contribution is -0.892. The van der Waals surface area contributed by atoms with Gasteiger partial charge in [-0.3, -0.25) is 4.79 Å². The number of nitrogens with one attached hydrogen (secondary N) is 2. The Morgan fingerprint density at radius 2 is 1.80 bits per heavy atom. The van der Waals surface area contributed by atoms with Gasteiger partial charge in [0.25, 0.3) is 5.91 Å². The third kappa shape index (κ3) is 4.94. The SMILES string of the molecule is O=C(C[NH+]1CCN(c2ccccc2Cl)CC1)NCc1ccc(F)cc1. The molecule has 0 unspecified atom stereocenters. The van der Waals surface area contributed by atoms with E-state index >= 15 is 0 Å². The highest BCUT2D eigenvalue weighted by atomic mass is 35.5. The maximum atomic E-state index is 12.9. The number of para-hydroxylation sites is 1. The van der Waals surface area contributed by atoms with Gasteiger partial charge in [-0.2, -0.15) is 0 Å². The van der Waals surface area contributed by atoms with Gasteiger partial charge in [0.1, 0.15) is 5.82 Å². The van der Waals surface area contributed by atoms with Crippen molar-refractivity contribution < 1.29 is 14.1 Å². The van der Waals surface area contributed by atoms with Gasteiger partial charge in [-0.1, -0.05) is 35.9 Å². The smallest absolute Gasteiger partial charge is 0.275 e. The second kappa shape index (κ2) is 8.32. The molecule has 0 atom stereocenters. The first-order valence-corrected chi connectivity index (χ1v) is 8.84. The molecule has 1 amide bonds. The summed E-state index contributed by atoms with van der Waals surface area (Å²) in [5.74, 6) is -0.249. The van der Waals surface area contributed by atoms with E-state index < -0.39 is 0 Å². The highest BCUT2D eigenvalue weighted by Gasteiger charge is 2.23. The van der Waals surface area contributed by atoms with Crippen molar-refractivity contribution >= 4 is 23.2 Å². The van der Waals surface area contributed by atoms with Crippen LogP contribution in [0.5, 0.6) is 0 Å². The first-order valence-electron chi connectivity index (χ1n) is 8.46. The Labute approximate surface area is 152 Å². The summed E-state index contributed by atoms with van der Waals surface area (Å²) in [5.41, 5.74) is 1.96. The molecule has 0 bridgehead atoms. The second-order valence-corrected chi connectivity index (χ2v) is 6.68. The van der Waals surface area contributed by atoms with Gasteiger partial charge in [0.15, 0.2) is 6.54 Å². The predicted octanol–water partition coefficient (Wildman–Crippen LogP) is 1.50. The van der Waals surface area contributed by atoms with Crippen LogP contribution in [0.2, 0.25) is 5.02 Å². The highest BCUT2D eigenvalue weighted by molar-refractivity contribution is 6.33. The standard InChI is InChI=1S/C19H21ClFN3O/c20-17-3-1-2-4-18(17)24-11-9-23(10-12-24)14-19(25)22-13-15-5-7-16(21)8-6-15/h1-8H,9-14H2,(H,22,25)/p+1. The number of amides is 1. The molecule has 1 saturated heterocycles. The minimum Gasteiger partial charge on any atom is -0.359 e. The van der Waals surface area contributed by atoms with Gasteiger partial charge >= 0.3 is 0 Å². The Balaban J connectivity index is 1.43. The van der Waals surface area contributed by atoms with E-state index in [-0.39, 0.29) is 11.7 Å². The van der Waals surface area contributed by atoms with Crippen LogP contribution >= 0.6 is 11.6 Å². The highest BCUT2D eigenvalue weighted by Crippen LogP contribution is 2.24. The molecule has 4 nitrogen and oxygen atoms in total. The Hall–Kier alpha value is -2.11. The number of halogens is 2. The Bertz CT molecular complexity index is 715. The van der Waals surface area contributed by atoms with E-state index in [2.05, 4.69) is 10.2 Å². The van der Waals surface area contributed by atoms with Crippen LogP contribution in [0.4, 0.5) is 10.1 Å². The molecule has 0 aromatic heterocycles. The number of carbonyl (C=O) groups excluding carboxylic acids is 1. The van der Waals surface area contributed by atoms with Crippen molar-refractivity contribution in [2.75, 3.05) is 37.6 Å². The average Bonchev–Trinajstić information content (AvgIpc) is 2.62. The van der Waals surface area contributed by atoms with Crippen molar-refractivity contribution in [1.29, 1.82) is 0 Å². The number of carbonyl (C=O) groups is 1. The Morgan fingerprint density at radius 1 is 1.12 bits per heavy atom. The maximum Gasteiger partial charge on any atom is 0.275 e.